The minimum absolute atomic E-state index is 0.0226. The molecular formula is C18H16N2O3. The van der Waals surface area contributed by atoms with E-state index < -0.39 is 0 Å². The Morgan fingerprint density at radius 3 is 2.74 bits per heavy atom. The number of hydrogen-bond donors (Lipinski definition) is 2. The van der Waals surface area contributed by atoms with Gasteiger partial charge in [-0.25, -0.2) is 0 Å². The van der Waals surface area contributed by atoms with Crippen LogP contribution in [0.2, 0.25) is 0 Å². The molecule has 0 bridgehead atoms. The molecule has 2 aromatic rings. The van der Waals surface area contributed by atoms with Crippen LogP contribution in [0.4, 0.5) is 11.4 Å². The Morgan fingerprint density at radius 1 is 1.13 bits per heavy atom. The first-order chi connectivity index (χ1) is 11.2. The maximum atomic E-state index is 12.4. The summed E-state index contributed by atoms with van der Waals surface area (Å²) in [6.45, 7) is 0. The summed E-state index contributed by atoms with van der Waals surface area (Å²) >= 11 is 0. The first kappa shape index (κ1) is 13.8. The van der Waals surface area contributed by atoms with Gasteiger partial charge >= 0.3 is 0 Å². The zero-order valence-corrected chi connectivity index (χ0v) is 12.5. The SMILES string of the molecule is O=C1Nc2ccccc2Oc2ccc(NC(=O)C3CCC3)cc21. The Bertz CT molecular complexity index is 797. The van der Waals surface area contributed by atoms with Crippen LogP contribution in [0, 0.1) is 5.92 Å². The number of hydrogen-bond acceptors (Lipinski definition) is 3. The van der Waals surface area contributed by atoms with E-state index in [1.165, 1.54) is 0 Å². The molecule has 0 aromatic heterocycles. The fourth-order valence-electron chi connectivity index (χ4n) is 2.76. The topological polar surface area (TPSA) is 67.4 Å². The summed E-state index contributed by atoms with van der Waals surface area (Å²) in [6.07, 6.45) is 2.99. The lowest BCUT2D eigenvalue weighted by Gasteiger charge is -2.24. The zero-order chi connectivity index (χ0) is 15.8. The van der Waals surface area contributed by atoms with Gasteiger partial charge in [0.1, 0.15) is 5.75 Å². The van der Waals surface area contributed by atoms with Crippen molar-refractivity contribution in [3.05, 3.63) is 48.0 Å². The highest BCUT2D eigenvalue weighted by Gasteiger charge is 2.26. The molecular weight excluding hydrogens is 292 g/mol. The van der Waals surface area contributed by atoms with Crippen LogP contribution in [0.25, 0.3) is 0 Å². The molecule has 1 heterocycles. The van der Waals surface area contributed by atoms with Crippen molar-refractivity contribution in [2.75, 3.05) is 10.6 Å². The summed E-state index contributed by atoms with van der Waals surface area (Å²) in [6, 6.07) is 12.4. The van der Waals surface area contributed by atoms with Gasteiger partial charge in [-0.05, 0) is 43.2 Å². The second-order valence-corrected chi connectivity index (χ2v) is 5.88. The molecule has 1 fully saturated rings. The number of carbonyl (C=O) groups excluding carboxylic acids is 2. The van der Waals surface area contributed by atoms with Crippen LogP contribution in [0.15, 0.2) is 42.5 Å². The summed E-state index contributed by atoms with van der Waals surface area (Å²) in [5, 5.41) is 5.71. The van der Waals surface area contributed by atoms with Crippen LogP contribution in [0.1, 0.15) is 29.6 Å². The molecule has 2 amide bonds. The van der Waals surface area contributed by atoms with Crippen molar-refractivity contribution in [2.24, 2.45) is 5.92 Å². The molecule has 5 heteroatoms. The van der Waals surface area contributed by atoms with Crippen LogP contribution in [-0.2, 0) is 4.79 Å². The van der Waals surface area contributed by atoms with Gasteiger partial charge < -0.3 is 15.4 Å². The molecule has 5 nitrogen and oxygen atoms in total. The molecule has 0 radical (unpaired) electrons. The number of benzene rings is 2. The highest BCUT2D eigenvalue weighted by Crippen LogP contribution is 2.36. The first-order valence-corrected chi connectivity index (χ1v) is 7.74. The van der Waals surface area contributed by atoms with E-state index in [2.05, 4.69) is 10.6 Å². The summed E-state index contributed by atoms with van der Waals surface area (Å²) in [5.41, 5.74) is 1.66. The Morgan fingerprint density at radius 2 is 1.96 bits per heavy atom. The van der Waals surface area contributed by atoms with Crippen LogP contribution >= 0.6 is 0 Å². The summed E-state index contributed by atoms with van der Waals surface area (Å²) in [5.74, 6) is 0.960. The maximum absolute atomic E-state index is 12.4. The third kappa shape index (κ3) is 2.54. The fourth-order valence-corrected chi connectivity index (χ4v) is 2.76. The van der Waals surface area contributed by atoms with Gasteiger partial charge in [-0.3, -0.25) is 9.59 Å². The minimum atomic E-state index is -0.246. The monoisotopic (exact) mass is 308 g/mol. The van der Waals surface area contributed by atoms with E-state index in [0.29, 0.717) is 28.4 Å². The number of rotatable bonds is 2. The highest BCUT2D eigenvalue weighted by molar-refractivity contribution is 6.09. The standard InChI is InChI=1S/C18H16N2O3/c21-17(11-4-3-5-11)19-12-8-9-15-13(10-12)18(22)20-14-6-1-2-7-16(14)23-15/h1-2,6-11H,3-5H2,(H,19,21)(H,20,22). The lowest BCUT2D eigenvalue weighted by molar-refractivity contribution is -0.122. The average molecular weight is 308 g/mol. The lowest BCUT2D eigenvalue weighted by Crippen LogP contribution is -2.28. The maximum Gasteiger partial charge on any atom is 0.259 e. The second kappa shape index (κ2) is 5.43. The number of fused-ring (bicyclic) bond motifs is 2. The van der Waals surface area contributed by atoms with Crippen molar-refractivity contribution in [1.29, 1.82) is 0 Å². The predicted molar refractivity (Wildman–Crippen MR) is 86.9 cm³/mol. The Balaban J connectivity index is 1.63. The molecule has 0 atom stereocenters. The van der Waals surface area contributed by atoms with E-state index in [1.54, 1.807) is 30.3 Å². The second-order valence-electron chi connectivity index (χ2n) is 5.88. The molecule has 1 aliphatic heterocycles. The van der Waals surface area contributed by atoms with Crippen molar-refractivity contribution in [3.8, 4) is 11.5 Å². The largest absolute Gasteiger partial charge is 0.454 e. The number of carbonyl (C=O) groups is 2. The van der Waals surface area contributed by atoms with Gasteiger partial charge in [-0.15, -0.1) is 0 Å². The van der Waals surface area contributed by atoms with E-state index in [4.69, 9.17) is 4.74 Å². The Kier molecular flexibility index (Phi) is 3.26. The molecule has 116 valence electrons. The quantitative estimate of drug-likeness (QED) is 0.887. The first-order valence-electron chi connectivity index (χ1n) is 7.74. The van der Waals surface area contributed by atoms with E-state index in [0.717, 1.165) is 19.3 Å². The molecule has 23 heavy (non-hydrogen) atoms. The molecule has 2 N–H and O–H groups in total. The van der Waals surface area contributed by atoms with Crippen molar-refractivity contribution < 1.29 is 14.3 Å². The van der Waals surface area contributed by atoms with Gasteiger partial charge in [0.15, 0.2) is 5.75 Å². The van der Waals surface area contributed by atoms with Crippen LogP contribution < -0.4 is 15.4 Å². The average Bonchev–Trinajstić information content (AvgIpc) is 2.61. The third-order valence-corrected chi connectivity index (χ3v) is 4.32. The van der Waals surface area contributed by atoms with Gasteiger partial charge in [0.2, 0.25) is 5.91 Å². The smallest absolute Gasteiger partial charge is 0.259 e. The third-order valence-electron chi connectivity index (χ3n) is 4.32. The highest BCUT2D eigenvalue weighted by atomic mass is 16.5. The molecule has 0 spiro atoms. The Labute approximate surface area is 133 Å². The fraction of sp³-hybridized carbons (Fsp3) is 0.222. The van der Waals surface area contributed by atoms with E-state index in [-0.39, 0.29) is 17.7 Å². The Hall–Kier alpha value is -2.82. The predicted octanol–water partition coefficient (Wildman–Crippen LogP) is 3.78. The number of anilines is 2. The van der Waals surface area contributed by atoms with Crippen LogP contribution in [0.5, 0.6) is 11.5 Å². The summed E-state index contributed by atoms with van der Waals surface area (Å²) in [7, 11) is 0. The van der Waals surface area contributed by atoms with Gasteiger partial charge in [0.25, 0.3) is 5.91 Å². The molecule has 2 aromatic carbocycles. The summed E-state index contributed by atoms with van der Waals surface area (Å²) in [4.78, 5) is 24.5. The van der Waals surface area contributed by atoms with Crippen molar-refractivity contribution >= 4 is 23.2 Å². The molecule has 1 aliphatic carbocycles. The van der Waals surface area contributed by atoms with Gasteiger partial charge in [0, 0.05) is 11.6 Å². The molecule has 4 rings (SSSR count). The van der Waals surface area contributed by atoms with Crippen molar-refractivity contribution in [3.63, 3.8) is 0 Å². The number of ether oxygens (including phenoxy) is 1. The zero-order valence-electron chi connectivity index (χ0n) is 12.5. The van der Waals surface area contributed by atoms with Crippen molar-refractivity contribution in [2.45, 2.75) is 19.3 Å². The lowest BCUT2D eigenvalue weighted by atomic mass is 9.85. The molecule has 1 saturated carbocycles. The number of amides is 2. The van der Waals surface area contributed by atoms with Gasteiger partial charge in [-0.2, -0.15) is 0 Å². The molecule has 0 saturated heterocycles. The van der Waals surface area contributed by atoms with Gasteiger partial charge in [0.05, 0.1) is 11.3 Å². The minimum Gasteiger partial charge on any atom is -0.454 e. The van der Waals surface area contributed by atoms with Crippen molar-refractivity contribution in [1.82, 2.24) is 0 Å². The number of para-hydroxylation sites is 2. The van der Waals surface area contributed by atoms with E-state index in [1.807, 2.05) is 12.1 Å². The molecule has 0 unspecified atom stereocenters. The number of nitrogens with one attached hydrogen (secondary N) is 2. The van der Waals surface area contributed by atoms with Crippen LogP contribution in [-0.4, -0.2) is 11.8 Å². The molecule has 2 aliphatic rings. The summed E-state index contributed by atoms with van der Waals surface area (Å²) < 4.78 is 5.82. The van der Waals surface area contributed by atoms with E-state index >= 15 is 0 Å². The van der Waals surface area contributed by atoms with Gasteiger partial charge in [-0.1, -0.05) is 18.6 Å². The van der Waals surface area contributed by atoms with E-state index in [9.17, 15) is 9.59 Å². The van der Waals surface area contributed by atoms with Crippen LogP contribution in [0.3, 0.4) is 0 Å². The normalized spacial score (nSPS) is 16.1.